The molecule has 0 unspecified atom stereocenters. The molecule has 1 aromatic rings. The quantitative estimate of drug-likeness (QED) is 0.655. The second kappa shape index (κ2) is 5.43. The van der Waals surface area contributed by atoms with Gasteiger partial charge in [0.15, 0.2) is 0 Å². The summed E-state index contributed by atoms with van der Waals surface area (Å²) in [7, 11) is -3.76. The van der Waals surface area contributed by atoms with E-state index in [-0.39, 0.29) is 16.5 Å². The lowest BCUT2D eigenvalue weighted by molar-refractivity contribution is 0.578. The number of halogens is 2. The fourth-order valence-corrected chi connectivity index (χ4v) is 2.61. The van der Waals surface area contributed by atoms with Crippen LogP contribution in [0, 0.1) is 5.82 Å². The zero-order chi connectivity index (χ0) is 12.2. The second-order valence-corrected chi connectivity index (χ2v) is 5.19. The van der Waals surface area contributed by atoms with Gasteiger partial charge >= 0.3 is 0 Å². The molecule has 0 amide bonds. The lowest BCUT2D eigenvalue weighted by Crippen LogP contribution is -2.24. The van der Waals surface area contributed by atoms with Gasteiger partial charge in [0, 0.05) is 6.54 Å². The van der Waals surface area contributed by atoms with Gasteiger partial charge < -0.3 is 0 Å². The van der Waals surface area contributed by atoms with Gasteiger partial charge in [-0.15, -0.1) is 6.58 Å². The van der Waals surface area contributed by atoms with Crippen LogP contribution in [-0.2, 0) is 10.0 Å². The van der Waals surface area contributed by atoms with Gasteiger partial charge in [-0.3, -0.25) is 0 Å². The molecule has 1 aromatic carbocycles. The Bertz CT molecular complexity index is 488. The van der Waals surface area contributed by atoms with Gasteiger partial charge in [0.05, 0.1) is 5.02 Å². The normalized spacial score (nSPS) is 11.4. The zero-order valence-electron chi connectivity index (χ0n) is 8.41. The Morgan fingerprint density at radius 2 is 2.19 bits per heavy atom. The number of nitrogens with one attached hydrogen (secondary N) is 1. The van der Waals surface area contributed by atoms with Crippen molar-refractivity contribution < 1.29 is 12.8 Å². The van der Waals surface area contributed by atoms with Crippen molar-refractivity contribution in [2.75, 3.05) is 6.54 Å². The Kier molecular flexibility index (Phi) is 4.46. The molecule has 0 bridgehead atoms. The summed E-state index contributed by atoms with van der Waals surface area (Å²) in [5.74, 6) is -0.645. The van der Waals surface area contributed by atoms with Crippen LogP contribution in [0.5, 0.6) is 0 Å². The topological polar surface area (TPSA) is 46.2 Å². The van der Waals surface area contributed by atoms with Gasteiger partial charge in [-0.25, -0.2) is 17.5 Å². The lowest BCUT2D eigenvalue weighted by Gasteiger charge is -2.07. The minimum absolute atomic E-state index is 0.00694. The largest absolute Gasteiger partial charge is 0.242 e. The molecule has 0 saturated carbocycles. The summed E-state index contributed by atoms with van der Waals surface area (Å²) in [5, 5.41) is -0.00694. The van der Waals surface area contributed by atoms with Gasteiger partial charge in [0.25, 0.3) is 0 Å². The smallest absolute Gasteiger partial charge is 0.211 e. The van der Waals surface area contributed by atoms with Gasteiger partial charge in [-0.2, -0.15) is 0 Å². The molecule has 1 N–H and O–H groups in total. The molecule has 0 aromatic heterocycles. The highest BCUT2D eigenvalue weighted by atomic mass is 35.5. The van der Waals surface area contributed by atoms with E-state index in [0.717, 1.165) is 12.1 Å². The van der Waals surface area contributed by atoms with Crippen LogP contribution in [0.1, 0.15) is 6.42 Å². The average molecular weight is 264 g/mol. The van der Waals surface area contributed by atoms with Crippen molar-refractivity contribution >= 4 is 21.6 Å². The molecule has 0 aliphatic rings. The van der Waals surface area contributed by atoms with Crippen LogP contribution < -0.4 is 4.72 Å². The number of sulfonamides is 1. The number of hydrogen-bond donors (Lipinski definition) is 1. The van der Waals surface area contributed by atoms with Gasteiger partial charge in [-0.1, -0.05) is 17.7 Å². The molecule has 16 heavy (non-hydrogen) atoms. The Hall–Kier alpha value is -0.910. The molecule has 1 rings (SSSR count). The molecule has 88 valence electrons. The van der Waals surface area contributed by atoms with Crippen LogP contribution in [0.15, 0.2) is 35.7 Å². The van der Waals surface area contributed by atoms with Gasteiger partial charge in [0.1, 0.15) is 10.7 Å². The van der Waals surface area contributed by atoms with E-state index in [1.807, 2.05) is 0 Å². The summed E-state index contributed by atoms with van der Waals surface area (Å²) in [5.41, 5.74) is 0. The Balaban J connectivity index is 2.97. The summed E-state index contributed by atoms with van der Waals surface area (Å²) in [6.45, 7) is 3.67. The number of hydrogen-bond acceptors (Lipinski definition) is 2. The number of rotatable bonds is 5. The molecule has 0 atom stereocenters. The third-order valence-electron chi connectivity index (χ3n) is 1.82. The first-order chi connectivity index (χ1) is 7.47. The average Bonchev–Trinajstić information content (AvgIpc) is 2.22. The molecule has 6 heteroatoms. The maximum absolute atomic E-state index is 12.9. The highest BCUT2D eigenvalue weighted by Crippen LogP contribution is 2.21. The minimum Gasteiger partial charge on any atom is -0.211 e. The minimum atomic E-state index is -3.76. The Labute approximate surface area is 99.0 Å². The molecule has 0 heterocycles. The Morgan fingerprint density at radius 3 is 2.81 bits per heavy atom. The highest BCUT2D eigenvalue weighted by molar-refractivity contribution is 7.89. The standard InChI is InChI=1S/C10H11ClFNO2S/c1-2-3-6-13-16(14,15)10-7-8(12)4-5-9(10)11/h2,4-5,7,13H,1,3,6H2. The highest BCUT2D eigenvalue weighted by Gasteiger charge is 2.17. The molecule has 0 spiro atoms. The molecular weight excluding hydrogens is 253 g/mol. The summed E-state index contributed by atoms with van der Waals surface area (Å²) >= 11 is 5.69. The van der Waals surface area contributed by atoms with Crippen LogP contribution in [0.4, 0.5) is 4.39 Å². The van der Waals surface area contributed by atoms with E-state index >= 15 is 0 Å². The van der Waals surface area contributed by atoms with E-state index < -0.39 is 15.8 Å². The van der Waals surface area contributed by atoms with Crippen LogP contribution >= 0.6 is 11.6 Å². The predicted octanol–water partition coefficient (Wildman–Crippen LogP) is 2.33. The Morgan fingerprint density at radius 1 is 1.50 bits per heavy atom. The third kappa shape index (κ3) is 3.30. The first-order valence-corrected chi connectivity index (χ1v) is 6.39. The van der Waals surface area contributed by atoms with Crippen molar-refractivity contribution in [3.05, 3.63) is 41.7 Å². The van der Waals surface area contributed by atoms with E-state index in [4.69, 9.17) is 11.6 Å². The van der Waals surface area contributed by atoms with Crippen molar-refractivity contribution in [3.8, 4) is 0 Å². The molecule has 0 fully saturated rings. The van der Waals surface area contributed by atoms with E-state index in [1.54, 1.807) is 6.08 Å². The van der Waals surface area contributed by atoms with E-state index in [2.05, 4.69) is 11.3 Å². The summed E-state index contributed by atoms with van der Waals surface area (Å²) in [4.78, 5) is -0.252. The van der Waals surface area contributed by atoms with Gasteiger partial charge in [-0.05, 0) is 24.6 Å². The van der Waals surface area contributed by atoms with E-state index in [9.17, 15) is 12.8 Å². The third-order valence-corrected chi connectivity index (χ3v) is 3.77. The SMILES string of the molecule is C=CCCNS(=O)(=O)c1cc(F)ccc1Cl. The monoisotopic (exact) mass is 263 g/mol. The van der Waals surface area contributed by atoms with Crippen molar-refractivity contribution in [3.63, 3.8) is 0 Å². The van der Waals surface area contributed by atoms with Crippen LogP contribution in [0.25, 0.3) is 0 Å². The fourth-order valence-electron chi connectivity index (χ4n) is 1.06. The maximum atomic E-state index is 12.9. The fraction of sp³-hybridized carbons (Fsp3) is 0.200. The molecule has 0 saturated heterocycles. The summed E-state index contributed by atoms with van der Waals surface area (Å²) < 4.78 is 38.6. The van der Waals surface area contributed by atoms with Crippen LogP contribution in [0.2, 0.25) is 5.02 Å². The van der Waals surface area contributed by atoms with E-state index in [1.165, 1.54) is 6.07 Å². The lowest BCUT2D eigenvalue weighted by atomic mass is 10.3. The first kappa shape index (κ1) is 13.2. The maximum Gasteiger partial charge on any atom is 0.242 e. The van der Waals surface area contributed by atoms with Crippen LogP contribution in [0.3, 0.4) is 0 Å². The second-order valence-electron chi connectivity index (χ2n) is 3.05. The molecule has 0 radical (unpaired) electrons. The molecule has 0 aliphatic carbocycles. The van der Waals surface area contributed by atoms with E-state index in [0.29, 0.717) is 6.42 Å². The van der Waals surface area contributed by atoms with Gasteiger partial charge in [0.2, 0.25) is 10.0 Å². The van der Waals surface area contributed by atoms with Crippen molar-refractivity contribution in [2.45, 2.75) is 11.3 Å². The summed E-state index contributed by atoms with van der Waals surface area (Å²) in [6, 6.07) is 3.20. The predicted molar refractivity (Wildman–Crippen MR) is 61.4 cm³/mol. The number of benzene rings is 1. The van der Waals surface area contributed by atoms with Crippen molar-refractivity contribution in [2.24, 2.45) is 0 Å². The summed E-state index contributed by atoms with van der Waals surface area (Å²) in [6.07, 6.45) is 2.07. The molecular formula is C10H11ClFNO2S. The van der Waals surface area contributed by atoms with Crippen molar-refractivity contribution in [1.29, 1.82) is 0 Å². The molecule has 3 nitrogen and oxygen atoms in total. The zero-order valence-corrected chi connectivity index (χ0v) is 9.98. The molecule has 0 aliphatic heterocycles. The van der Waals surface area contributed by atoms with Crippen molar-refractivity contribution in [1.82, 2.24) is 4.72 Å². The van der Waals surface area contributed by atoms with Crippen LogP contribution in [-0.4, -0.2) is 15.0 Å². The first-order valence-electron chi connectivity index (χ1n) is 4.53.